The number of benzene rings is 6. The van der Waals surface area contributed by atoms with Crippen molar-refractivity contribution in [1.29, 1.82) is 0 Å². The monoisotopic (exact) mass is 980 g/mol. The molecule has 66 heavy (non-hydrogen) atoms. The highest BCUT2D eigenvalue weighted by atomic mass is 32.3. The maximum absolute atomic E-state index is 16.1. The number of carbonyl (C=O) groups is 3. The van der Waals surface area contributed by atoms with Crippen molar-refractivity contribution in [2.24, 2.45) is 0 Å². The molecule has 2 aliphatic rings. The number of alkyl halides is 2. The average molecular weight is 981 g/mol. The first-order valence-corrected chi connectivity index (χ1v) is 25.4. The normalized spacial score (nSPS) is 17.4. The lowest BCUT2D eigenvalue weighted by Gasteiger charge is -2.25. The molecule has 0 amide bonds. The van der Waals surface area contributed by atoms with E-state index in [1.165, 1.54) is 50.3 Å². The van der Waals surface area contributed by atoms with Gasteiger partial charge in [-0.05, 0) is 81.2 Å². The Morgan fingerprint density at radius 1 is 0.500 bits per heavy atom. The molecule has 0 fully saturated rings. The number of hydrogen-bond acceptors (Lipinski definition) is 14. The number of ether oxygens (including phenoxy) is 3. The van der Waals surface area contributed by atoms with Crippen LogP contribution in [0.3, 0.4) is 0 Å². The van der Waals surface area contributed by atoms with Crippen LogP contribution in [0.5, 0.6) is 0 Å². The van der Waals surface area contributed by atoms with Gasteiger partial charge in [0.15, 0.2) is 6.10 Å². The lowest BCUT2D eigenvalue weighted by Crippen LogP contribution is -2.48. The van der Waals surface area contributed by atoms with E-state index in [1.54, 1.807) is 24.3 Å². The van der Waals surface area contributed by atoms with E-state index in [0.29, 0.717) is 5.56 Å². The predicted molar refractivity (Wildman–Crippen MR) is 239 cm³/mol. The minimum atomic E-state index is -5.02. The van der Waals surface area contributed by atoms with Crippen LogP contribution < -0.4 is 0 Å². The van der Waals surface area contributed by atoms with Crippen molar-refractivity contribution >= 4 is 91.0 Å². The highest BCUT2D eigenvalue weighted by Crippen LogP contribution is 2.50. The van der Waals surface area contributed by atoms with Crippen LogP contribution in [0, 0.1) is 0 Å². The fourth-order valence-corrected chi connectivity index (χ4v) is 16.1. The smallest absolute Gasteiger partial charge is 0.357 e. The molecule has 2 heterocycles. The number of sulfone groups is 4. The summed E-state index contributed by atoms with van der Waals surface area (Å²) < 4.78 is 137. The molecule has 344 valence electrons. The van der Waals surface area contributed by atoms with E-state index in [-0.39, 0.29) is 0 Å². The van der Waals surface area contributed by atoms with E-state index in [2.05, 4.69) is 0 Å². The fourth-order valence-electron chi connectivity index (χ4n) is 6.78. The van der Waals surface area contributed by atoms with Crippen molar-refractivity contribution in [3.63, 3.8) is 0 Å². The Kier molecular flexibility index (Phi) is 14.1. The van der Waals surface area contributed by atoms with Gasteiger partial charge < -0.3 is 14.2 Å². The molecule has 2 aliphatic heterocycles. The van der Waals surface area contributed by atoms with Gasteiger partial charge in [-0.1, -0.05) is 109 Å². The Morgan fingerprint density at radius 3 is 1.24 bits per heavy atom. The van der Waals surface area contributed by atoms with Gasteiger partial charge >= 0.3 is 27.1 Å². The summed E-state index contributed by atoms with van der Waals surface area (Å²) in [6.45, 7) is 3.47. The van der Waals surface area contributed by atoms with Crippen LogP contribution in [0.2, 0.25) is 0 Å². The standard InChI is InChI=1S/C22H17FO6S2.C17H16O4.C7H5FO4S2/c1-15(24)29-21(13-11-16-10-12-17-6-2-3-7-18(17)14-16)22(23)30(25,26)19-8-4-5-9-20(19)31(22,27)28;1-12(18)20-17(21-13(2)19)10-8-14-7-9-15-5-3-4-6-16(15)11-14;8-7-13(9,10)5-3-1-2-4-6(5)14(7,11)12/h2-14,21H,1H3;3-11,17H,1-2H3;1-4,7H/b13-11+;10-8+;. The molecular weight excluding hydrogens is 943 g/mol. The second-order valence-electron chi connectivity index (χ2n) is 14.4. The zero-order valence-electron chi connectivity index (χ0n) is 34.8. The summed E-state index contributed by atoms with van der Waals surface area (Å²) in [6.07, 6.45) is 2.35. The van der Waals surface area contributed by atoms with Crippen LogP contribution in [0.25, 0.3) is 33.7 Å². The van der Waals surface area contributed by atoms with E-state index in [0.717, 1.165) is 64.4 Å². The molecule has 0 spiro atoms. The van der Waals surface area contributed by atoms with Gasteiger partial charge in [-0.2, -0.15) is 0 Å². The molecule has 6 aromatic carbocycles. The molecule has 0 aliphatic carbocycles. The molecule has 0 bridgehead atoms. The second-order valence-corrected chi connectivity index (χ2v) is 22.9. The van der Waals surface area contributed by atoms with Crippen LogP contribution >= 0.6 is 0 Å². The molecule has 1 atom stereocenters. The molecule has 14 nitrogen and oxygen atoms in total. The predicted octanol–water partition coefficient (Wildman–Crippen LogP) is 7.48. The lowest BCUT2D eigenvalue weighted by atomic mass is 10.1. The highest BCUT2D eigenvalue weighted by Gasteiger charge is 2.69. The number of hydrogen-bond donors (Lipinski definition) is 0. The van der Waals surface area contributed by atoms with Crippen molar-refractivity contribution in [1.82, 2.24) is 0 Å². The number of carbonyl (C=O) groups excluding carboxylic acids is 3. The Labute approximate surface area is 378 Å². The summed E-state index contributed by atoms with van der Waals surface area (Å²) >= 11 is 0. The third-order valence-corrected chi connectivity index (χ3v) is 19.6. The first-order valence-electron chi connectivity index (χ1n) is 19.4. The molecular formula is C46H38F2O14S4. The summed E-state index contributed by atoms with van der Waals surface area (Å²) in [5, 5.41) is 4.08. The van der Waals surface area contributed by atoms with E-state index in [9.17, 15) is 52.4 Å². The molecule has 8 rings (SSSR count). The highest BCUT2D eigenvalue weighted by molar-refractivity contribution is 8.13. The third-order valence-electron chi connectivity index (χ3n) is 9.76. The van der Waals surface area contributed by atoms with Gasteiger partial charge in [-0.15, -0.1) is 0 Å². The maximum atomic E-state index is 16.1. The van der Waals surface area contributed by atoms with E-state index < -0.39 is 98.4 Å². The quantitative estimate of drug-likeness (QED) is 0.107. The van der Waals surface area contributed by atoms with Gasteiger partial charge in [0, 0.05) is 20.8 Å². The molecule has 0 saturated heterocycles. The van der Waals surface area contributed by atoms with E-state index in [4.69, 9.17) is 14.2 Å². The van der Waals surface area contributed by atoms with Gasteiger partial charge in [0.05, 0.1) is 19.6 Å². The summed E-state index contributed by atoms with van der Waals surface area (Å²) in [4.78, 5) is 28.5. The molecule has 0 radical (unpaired) electrons. The average Bonchev–Trinajstić information content (AvgIpc) is 3.50. The second kappa shape index (κ2) is 19.1. The van der Waals surface area contributed by atoms with Crippen molar-refractivity contribution in [3.8, 4) is 0 Å². The number of fused-ring (bicyclic) bond motifs is 4. The Bertz CT molecular complexity index is 3280. The van der Waals surface area contributed by atoms with Crippen LogP contribution in [0.1, 0.15) is 31.9 Å². The fraction of sp³-hybridized carbons (Fsp3) is 0.152. The summed E-state index contributed by atoms with van der Waals surface area (Å²) in [5.41, 5.74) is 1.47. The minimum absolute atomic E-state index is 0.451. The van der Waals surface area contributed by atoms with Crippen molar-refractivity contribution in [2.75, 3.05) is 0 Å². The molecule has 6 aromatic rings. The van der Waals surface area contributed by atoms with Crippen LogP contribution in [0.15, 0.2) is 165 Å². The topological polar surface area (TPSA) is 215 Å². The van der Waals surface area contributed by atoms with Gasteiger partial charge in [-0.3, -0.25) is 14.4 Å². The largest absolute Gasteiger partial charge is 0.452 e. The summed E-state index contributed by atoms with van der Waals surface area (Å²) in [7, 11) is -18.7. The van der Waals surface area contributed by atoms with Gasteiger partial charge in [0.1, 0.15) is 0 Å². The first-order chi connectivity index (χ1) is 31.0. The van der Waals surface area contributed by atoms with Crippen molar-refractivity contribution in [3.05, 3.63) is 157 Å². The zero-order valence-corrected chi connectivity index (χ0v) is 38.1. The summed E-state index contributed by atoms with van der Waals surface area (Å²) in [5.74, 6) is -2.04. The molecule has 1 unspecified atom stereocenters. The first kappa shape index (κ1) is 48.8. The Hall–Kier alpha value is -6.61. The maximum Gasteiger partial charge on any atom is 0.357 e. The minimum Gasteiger partial charge on any atom is -0.452 e. The summed E-state index contributed by atoms with van der Waals surface area (Å²) in [6, 6.07) is 36.2. The van der Waals surface area contributed by atoms with E-state index in [1.807, 2.05) is 66.7 Å². The third kappa shape index (κ3) is 9.67. The van der Waals surface area contributed by atoms with Crippen LogP contribution in [-0.4, -0.2) is 73.1 Å². The van der Waals surface area contributed by atoms with E-state index >= 15 is 4.39 Å². The van der Waals surface area contributed by atoms with Crippen molar-refractivity contribution < 1.29 is 71.0 Å². The number of esters is 3. The Balaban J connectivity index is 0.000000177. The molecule has 0 N–H and O–H groups in total. The number of rotatable bonds is 8. The van der Waals surface area contributed by atoms with Gasteiger partial charge in [-0.25, -0.2) is 42.5 Å². The Morgan fingerprint density at radius 2 is 0.848 bits per heavy atom. The van der Waals surface area contributed by atoms with Crippen LogP contribution in [-0.2, 0) is 67.9 Å². The molecule has 20 heteroatoms. The number of halogens is 2. The van der Waals surface area contributed by atoms with Crippen molar-refractivity contribution in [2.45, 2.75) is 61.9 Å². The van der Waals surface area contributed by atoms with Gasteiger partial charge in [0.2, 0.25) is 39.3 Å². The van der Waals surface area contributed by atoms with Gasteiger partial charge in [0.25, 0.3) is 6.29 Å². The SMILES string of the molecule is CC(=O)OC(/C=C/c1ccc2ccccc2c1)C1(F)S(=O)(=O)c2ccccc2S1(=O)=O.CC(=O)OC(/C=C/c1ccc2ccccc2c1)OC(C)=O.O=S1(=O)c2ccccc2S(=O)(=O)C1F. The van der Waals surface area contributed by atoms with Crippen LogP contribution in [0.4, 0.5) is 8.78 Å². The zero-order chi connectivity index (χ0) is 48.2. The molecule has 0 saturated carbocycles. The molecule has 0 aromatic heterocycles. The lowest BCUT2D eigenvalue weighted by molar-refractivity contribution is -0.176.